The van der Waals surface area contributed by atoms with E-state index in [2.05, 4.69) is 79.9 Å². The minimum absolute atomic E-state index is 0.222. The molecule has 6 N–H and O–H groups in total. The average Bonchev–Trinajstić information content (AvgIpc) is 3.13. The molecule has 9 heteroatoms. The number of ether oxygens (including phenoxy) is 2. The van der Waals surface area contributed by atoms with Crippen LogP contribution in [0.5, 0.6) is 0 Å². The molecule has 1 amide bonds. The summed E-state index contributed by atoms with van der Waals surface area (Å²) in [7, 11) is 0. The maximum Gasteiger partial charge on any atom is 0.220 e. The predicted molar refractivity (Wildman–Crippen MR) is 207 cm³/mol. The Bertz CT molecular complexity index is 1020. The van der Waals surface area contributed by atoms with Crippen molar-refractivity contribution in [2.45, 2.75) is 172 Å². The Kier molecular flexibility index (Phi) is 29.5. The van der Waals surface area contributed by atoms with Crippen LogP contribution in [0.4, 0.5) is 0 Å². The zero-order chi connectivity index (χ0) is 37.4. The molecular weight excluding hydrogens is 646 g/mol. The number of unbranched alkanes of at least 4 members (excludes halogenated alkanes) is 10. The summed E-state index contributed by atoms with van der Waals surface area (Å²) in [6.07, 6.45) is 35.2. The second kappa shape index (κ2) is 32.3. The van der Waals surface area contributed by atoms with E-state index >= 15 is 0 Å². The third-order valence-electron chi connectivity index (χ3n) is 8.76. The first-order valence-corrected chi connectivity index (χ1v) is 19.7. The normalized spacial score (nSPS) is 22.8. The van der Waals surface area contributed by atoms with Gasteiger partial charge in [0, 0.05) is 6.42 Å². The Hall–Kier alpha value is -2.37. The molecule has 51 heavy (non-hydrogen) atoms. The van der Waals surface area contributed by atoms with E-state index in [1.54, 1.807) is 6.08 Å². The first kappa shape index (κ1) is 46.7. The van der Waals surface area contributed by atoms with Crippen LogP contribution in [0.15, 0.2) is 72.9 Å². The van der Waals surface area contributed by atoms with Crippen molar-refractivity contribution in [1.29, 1.82) is 0 Å². The maximum absolute atomic E-state index is 12.9. The van der Waals surface area contributed by atoms with Gasteiger partial charge in [-0.3, -0.25) is 4.79 Å². The number of allylic oxidation sites excluding steroid dienone is 11. The number of carbonyl (C=O) groups excluding carboxylic acids is 1. The molecular formula is C42H71NO8. The molecule has 1 heterocycles. The molecule has 1 aliphatic rings. The molecule has 0 radical (unpaired) electrons. The molecule has 0 saturated carbocycles. The molecule has 7 atom stereocenters. The van der Waals surface area contributed by atoms with Crippen molar-refractivity contribution < 1.29 is 39.8 Å². The van der Waals surface area contributed by atoms with E-state index in [1.807, 2.05) is 6.08 Å². The summed E-state index contributed by atoms with van der Waals surface area (Å²) in [5.74, 6) is -0.233. The standard InChI is InChI=1S/C42H71NO8/c1-3-5-7-9-11-13-15-17-18-20-22-24-26-28-30-32-38(46)43-35(34-50-42-41(49)40(48)39(47)37(33-44)51-42)36(45)31-29-27-25-23-21-19-16-14-12-10-8-6-4-2/h5,7,11,13,17-18,21-24,29,31,35-37,39-42,44-45,47-49H,3-4,6,8-10,12,14-16,19-20,25-28,30,32-34H2,1-2H3,(H,43,46)/b7-5-,13-11-,18-17-,23-21+,24-22-,31-29+. The number of aliphatic hydroxyl groups is 5. The summed E-state index contributed by atoms with van der Waals surface area (Å²) >= 11 is 0. The number of rotatable bonds is 30. The number of hydrogen-bond donors (Lipinski definition) is 6. The molecule has 9 nitrogen and oxygen atoms in total. The summed E-state index contributed by atoms with van der Waals surface area (Å²) < 4.78 is 11.1. The zero-order valence-corrected chi connectivity index (χ0v) is 31.6. The van der Waals surface area contributed by atoms with Gasteiger partial charge in [0.1, 0.15) is 24.4 Å². The molecule has 0 aromatic carbocycles. The highest BCUT2D eigenvalue weighted by atomic mass is 16.7. The lowest BCUT2D eigenvalue weighted by Crippen LogP contribution is -2.60. The van der Waals surface area contributed by atoms with Gasteiger partial charge in [0.25, 0.3) is 0 Å². The summed E-state index contributed by atoms with van der Waals surface area (Å²) in [6, 6.07) is -0.844. The molecule has 292 valence electrons. The summed E-state index contributed by atoms with van der Waals surface area (Å²) in [4.78, 5) is 12.9. The van der Waals surface area contributed by atoms with Crippen molar-refractivity contribution in [3.8, 4) is 0 Å². The fourth-order valence-corrected chi connectivity index (χ4v) is 5.57. The van der Waals surface area contributed by atoms with Crippen LogP contribution in [0.2, 0.25) is 0 Å². The molecule has 0 bridgehead atoms. The molecule has 1 saturated heterocycles. The van der Waals surface area contributed by atoms with Gasteiger partial charge in [-0.2, -0.15) is 0 Å². The molecule has 0 aromatic rings. The van der Waals surface area contributed by atoms with Gasteiger partial charge in [-0.25, -0.2) is 0 Å². The number of carbonyl (C=O) groups is 1. The Morgan fingerprint density at radius 3 is 1.88 bits per heavy atom. The fourth-order valence-electron chi connectivity index (χ4n) is 5.57. The van der Waals surface area contributed by atoms with Crippen LogP contribution in [0.3, 0.4) is 0 Å². The second-order valence-electron chi connectivity index (χ2n) is 13.3. The number of hydrogen-bond acceptors (Lipinski definition) is 8. The molecule has 1 rings (SSSR count). The summed E-state index contributed by atoms with van der Waals surface area (Å²) in [6.45, 7) is 3.56. The number of amides is 1. The van der Waals surface area contributed by atoms with E-state index in [9.17, 15) is 30.3 Å². The van der Waals surface area contributed by atoms with Crippen molar-refractivity contribution in [2.75, 3.05) is 13.2 Å². The molecule has 7 unspecified atom stereocenters. The lowest BCUT2D eigenvalue weighted by molar-refractivity contribution is -0.302. The molecule has 1 fully saturated rings. The Balaban J connectivity index is 2.52. The van der Waals surface area contributed by atoms with Crippen LogP contribution in [0.1, 0.15) is 129 Å². The Morgan fingerprint density at radius 2 is 1.24 bits per heavy atom. The van der Waals surface area contributed by atoms with Gasteiger partial charge in [-0.05, 0) is 70.6 Å². The monoisotopic (exact) mass is 718 g/mol. The van der Waals surface area contributed by atoms with E-state index in [4.69, 9.17) is 9.47 Å². The molecule has 1 aliphatic heterocycles. The first-order valence-electron chi connectivity index (χ1n) is 19.7. The van der Waals surface area contributed by atoms with E-state index < -0.39 is 49.5 Å². The smallest absolute Gasteiger partial charge is 0.220 e. The SMILES string of the molecule is CC/C=C\C/C=C\C/C=C\C/C=C\CCCCC(=O)NC(COC1OC(CO)C(O)C(O)C1O)C(O)/C=C/CC/C=C/CCCCCCCCC. The highest BCUT2D eigenvalue weighted by Gasteiger charge is 2.44. The van der Waals surface area contributed by atoms with Crippen LogP contribution < -0.4 is 5.32 Å². The lowest BCUT2D eigenvalue weighted by atomic mass is 9.99. The fraction of sp³-hybridized carbons (Fsp3) is 0.690. The van der Waals surface area contributed by atoms with Gasteiger partial charge >= 0.3 is 0 Å². The summed E-state index contributed by atoms with van der Waals surface area (Å²) in [5.41, 5.74) is 0. The predicted octanol–water partition coefficient (Wildman–Crippen LogP) is 7.05. The van der Waals surface area contributed by atoms with E-state index in [-0.39, 0.29) is 18.9 Å². The topological polar surface area (TPSA) is 149 Å². The van der Waals surface area contributed by atoms with Crippen molar-refractivity contribution >= 4 is 5.91 Å². The molecule has 0 spiro atoms. The largest absolute Gasteiger partial charge is 0.394 e. The average molecular weight is 718 g/mol. The van der Waals surface area contributed by atoms with Crippen LogP contribution in [-0.2, 0) is 14.3 Å². The molecule has 0 aliphatic carbocycles. The number of nitrogens with one attached hydrogen (secondary N) is 1. The van der Waals surface area contributed by atoms with Crippen LogP contribution in [0, 0.1) is 0 Å². The Labute approximate surface area is 308 Å². The third kappa shape index (κ3) is 23.7. The van der Waals surface area contributed by atoms with Crippen LogP contribution >= 0.6 is 0 Å². The maximum atomic E-state index is 12.9. The third-order valence-corrected chi connectivity index (χ3v) is 8.76. The second-order valence-corrected chi connectivity index (χ2v) is 13.3. The van der Waals surface area contributed by atoms with Crippen molar-refractivity contribution in [3.05, 3.63) is 72.9 Å². The van der Waals surface area contributed by atoms with Gasteiger partial charge in [-0.15, -0.1) is 0 Å². The van der Waals surface area contributed by atoms with Gasteiger partial charge in [-0.1, -0.05) is 125 Å². The van der Waals surface area contributed by atoms with Crippen LogP contribution in [0.25, 0.3) is 0 Å². The van der Waals surface area contributed by atoms with Gasteiger partial charge in [0.2, 0.25) is 5.91 Å². The van der Waals surface area contributed by atoms with Crippen molar-refractivity contribution in [3.63, 3.8) is 0 Å². The van der Waals surface area contributed by atoms with E-state index in [0.29, 0.717) is 6.42 Å². The van der Waals surface area contributed by atoms with E-state index in [1.165, 1.54) is 44.9 Å². The lowest BCUT2D eigenvalue weighted by Gasteiger charge is -2.40. The van der Waals surface area contributed by atoms with Crippen molar-refractivity contribution in [1.82, 2.24) is 5.32 Å². The van der Waals surface area contributed by atoms with Crippen LogP contribution in [-0.4, -0.2) is 87.5 Å². The highest BCUT2D eigenvalue weighted by molar-refractivity contribution is 5.76. The molecule has 0 aromatic heterocycles. The highest BCUT2D eigenvalue weighted by Crippen LogP contribution is 2.22. The van der Waals surface area contributed by atoms with Crippen molar-refractivity contribution in [2.24, 2.45) is 0 Å². The summed E-state index contributed by atoms with van der Waals surface area (Å²) in [5, 5.41) is 53.9. The first-order chi connectivity index (χ1) is 24.8. The minimum Gasteiger partial charge on any atom is -0.394 e. The Morgan fingerprint density at radius 1 is 0.686 bits per heavy atom. The quantitative estimate of drug-likeness (QED) is 0.0342. The zero-order valence-electron chi connectivity index (χ0n) is 31.6. The van der Waals surface area contributed by atoms with Gasteiger partial charge in [0.05, 0.1) is 25.4 Å². The minimum atomic E-state index is -1.58. The van der Waals surface area contributed by atoms with E-state index in [0.717, 1.165) is 57.8 Å². The van der Waals surface area contributed by atoms with Gasteiger partial charge in [0.15, 0.2) is 6.29 Å². The van der Waals surface area contributed by atoms with Gasteiger partial charge < -0.3 is 40.3 Å². The number of aliphatic hydroxyl groups excluding tert-OH is 5.